The molecule has 0 bridgehead atoms. The first-order valence-electron chi connectivity index (χ1n) is 12.6. The third-order valence-corrected chi connectivity index (χ3v) is 6.10. The fourth-order valence-electron chi connectivity index (χ4n) is 4.47. The molecule has 0 atom stereocenters. The molecule has 0 saturated heterocycles. The maximum Gasteiger partial charge on any atom is 0.213 e. The fourth-order valence-corrected chi connectivity index (χ4v) is 4.47. The molecular formula is C30H34N+. The van der Waals surface area contributed by atoms with Crippen molar-refractivity contribution in [1.82, 2.24) is 0 Å². The van der Waals surface area contributed by atoms with Gasteiger partial charge in [0, 0.05) is 15.7 Å². The summed E-state index contributed by atoms with van der Waals surface area (Å²) >= 11 is 0. The molecule has 3 aromatic carbocycles. The minimum Gasteiger partial charge on any atom is -0.200 e. The first-order chi connectivity index (χ1) is 15.9. The number of hydrogen-bond acceptors (Lipinski definition) is 0. The Hall–Kier alpha value is -2.93. The predicted octanol–water partition coefficient (Wildman–Crippen LogP) is 7.43. The summed E-state index contributed by atoms with van der Waals surface area (Å²) in [5, 5.41) is 2.38. The first kappa shape index (κ1) is 17.7. The van der Waals surface area contributed by atoms with Gasteiger partial charge >= 0.3 is 0 Å². The molecule has 0 aliphatic rings. The lowest BCUT2D eigenvalue weighted by molar-refractivity contribution is -0.659. The van der Waals surface area contributed by atoms with E-state index >= 15 is 0 Å². The highest BCUT2D eigenvalue weighted by Crippen LogP contribution is 2.33. The lowest BCUT2D eigenvalue weighted by Gasteiger charge is -2.14. The highest BCUT2D eigenvalue weighted by atomic mass is 14.9. The number of fused-ring (bicyclic) bond motifs is 1. The van der Waals surface area contributed by atoms with Crippen molar-refractivity contribution in [2.75, 3.05) is 0 Å². The van der Waals surface area contributed by atoms with Gasteiger partial charge in [0.05, 0.1) is 5.39 Å². The van der Waals surface area contributed by atoms with Crippen molar-refractivity contribution in [3.8, 4) is 22.4 Å². The number of hydrogen-bond donors (Lipinski definition) is 0. The van der Waals surface area contributed by atoms with Crippen molar-refractivity contribution in [2.45, 2.75) is 47.9 Å². The molecular weight excluding hydrogens is 374 g/mol. The van der Waals surface area contributed by atoms with E-state index in [0.717, 1.165) is 28.8 Å². The van der Waals surface area contributed by atoms with Crippen molar-refractivity contribution >= 4 is 10.8 Å². The molecule has 1 aromatic heterocycles. The SMILES string of the molecule is [2H]C([2H])([2H])c1cc(C)cc(-c2cc3cc(CC(C)C)cc(-c4ccc(C)cc4)c3c[n+]2C)c1C. The van der Waals surface area contributed by atoms with Crippen LogP contribution in [-0.4, -0.2) is 0 Å². The van der Waals surface area contributed by atoms with E-state index in [-0.39, 0.29) is 0 Å². The van der Waals surface area contributed by atoms with Gasteiger partial charge in [0.2, 0.25) is 5.69 Å². The molecule has 1 nitrogen and oxygen atoms in total. The van der Waals surface area contributed by atoms with E-state index in [9.17, 15) is 0 Å². The molecule has 1 heteroatoms. The van der Waals surface area contributed by atoms with Crippen LogP contribution in [0.2, 0.25) is 0 Å². The van der Waals surface area contributed by atoms with E-state index in [0.29, 0.717) is 11.5 Å². The second-order valence-corrected chi connectivity index (χ2v) is 9.36. The average molecular weight is 412 g/mol. The lowest BCUT2D eigenvalue weighted by atomic mass is 9.91. The van der Waals surface area contributed by atoms with Crippen molar-refractivity contribution in [3.05, 3.63) is 88.6 Å². The smallest absolute Gasteiger partial charge is 0.200 e. The molecule has 0 fully saturated rings. The highest BCUT2D eigenvalue weighted by Gasteiger charge is 2.18. The Bertz CT molecular complexity index is 1360. The molecule has 0 spiro atoms. The molecule has 0 N–H and O–H groups in total. The molecule has 4 aromatic rings. The molecule has 4 rings (SSSR count). The van der Waals surface area contributed by atoms with Crippen LogP contribution in [0.3, 0.4) is 0 Å². The van der Waals surface area contributed by atoms with Gasteiger partial charge in [0.25, 0.3) is 0 Å². The summed E-state index contributed by atoms with van der Waals surface area (Å²) in [5.74, 6) is 0.559. The van der Waals surface area contributed by atoms with Gasteiger partial charge in [-0.05, 0) is 79.2 Å². The second kappa shape index (κ2) is 8.30. The van der Waals surface area contributed by atoms with E-state index in [1.165, 1.54) is 33.0 Å². The van der Waals surface area contributed by atoms with Crippen LogP contribution in [0.25, 0.3) is 33.2 Å². The molecule has 0 aliphatic heterocycles. The zero-order valence-corrected chi connectivity index (χ0v) is 19.5. The first-order valence-corrected chi connectivity index (χ1v) is 11.1. The Morgan fingerprint density at radius 1 is 0.871 bits per heavy atom. The summed E-state index contributed by atoms with van der Waals surface area (Å²) in [7, 11) is 2.05. The summed E-state index contributed by atoms with van der Waals surface area (Å²) in [6.45, 7) is 8.37. The zero-order chi connectivity index (χ0) is 24.8. The van der Waals surface area contributed by atoms with Crippen molar-refractivity contribution in [3.63, 3.8) is 0 Å². The maximum absolute atomic E-state index is 8.01. The normalized spacial score (nSPS) is 13.3. The minimum atomic E-state index is -2.14. The Kier molecular flexibility index (Phi) is 4.75. The van der Waals surface area contributed by atoms with Gasteiger partial charge in [-0.1, -0.05) is 67.4 Å². The maximum atomic E-state index is 8.01. The van der Waals surface area contributed by atoms with Gasteiger partial charge in [-0.25, -0.2) is 4.57 Å². The predicted molar refractivity (Wildman–Crippen MR) is 133 cm³/mol. The summed E-state index contributed by atoms with van der Waals surface area (Å²) in [5.41, 5.74) is 9.22. The Morgan fingerprint density at radius 2 is 1.61 bits per heavy atom. The summed E-state index contributed by atoms with van der Waals surface area (Å²) in [4.78, 5) is 0. The Labute approximate surface area is 191 Å². The van der Waals surface area contributed by atoms with Crippen molar-refractivity contribution in [1.29, 1.82) is 0 Å². The molecule has 0 amide bonds. The minimum absolute atomic E-state index is 0.427. The third kappa shape index (κ3) is 4.28. The van der Waals surface area contributed by atoms with Gasteiger partial charge in [-0.2, -0.15) is 0 Å². The van der Waals surface area contributed by atoms with Crippen LogP contribution in [-0.2, 0) is 13.5 Å². The lowest BCUT2D eigenvalue weighted by Crippen LogP contribution is -2.30. The van der Waals surface area contributed by atoms with Gasteiger partial charge in [0.15, 0.2) is 6.20 Å². The van der Waals surface area contributed by atoms with Crippen molar-refractivity contribution in [2.24, 2.45) is 13.0 Å². The van der Waals surface area contributed by atoms with Crippen LogP contribution in [0.1, 0.15) is 45.8 Å². The second-order valence-electron chi connectivity index (χ2n) is 9.36. The fraction of sp³-hybridized carbons (Fsp3) is 0.300. The van der Waals surface area contributed by atoms with E-state index in [1.807, 2.05) is 20.9 Å². The van der Waals surface area contributed by atoms with E-state index < -0.39 is 6.85 Å². The van der Waals surface area contributed by atoms with Crippen molar-refractivity contribution < 1.29 is 8.68 Å². The number of aromatic nitrogens is 1. The number of benzene rings is 3. The van der Waals surface area contributed by atoms with Crippen LogP contribution >= 0.6 is 0 Å². The number of nitrogens with zero attached hydrogens (tertiary/aromatic N) is 1. The van der Waals surface area contributed by atoms with Gasteiger partial charge in [-0.15, -0.1) is 0 Å². The summed E-state index contributed by atoms with van der Waals surface area (Å²) < 4.78 is 26.2. The zero-order valence-electron chi connectivity index (χ0n) is 22.5. The molecule has 0 saturated carbocycles. The standard InChI is InChI=1S/C30H34N/c1-19(2)12-24-15-26-17-30(27-14-21(4)13-22(5)23(27)6)31(7)18-29(26)28(16-24)25-10-8-20(3)9-11-25/h8-11,13-19H,12H2,1-7H3/q+1/i5D3. The highest BCUT2D eigenvalue weighted by molar-refractivity contribution is 5.97. The van der Waals surface area contributed by atoms with E-state index in [4.69, 9.17) is 4.11 Å². The van der Waals surface area contributed by atoms with Crippen LogP contribution in [0, 0.1) is 33.5 Å². The average Bonchev–Trinajstić information content (AvgIpc) is 2.74. The molecule has 0 aliphatic carbocycles. The molecule has 1 heterocycles. The quantitative estimate of drug-likeness (QED) is 0.307. The summed E-state index contributed by atoms with van der Waals surface area (Å²) in [6, 6.07) is 19.5. The van der Waals surface area contributed by atoms with Crippen LogP contribution < -0.4 is 4.57 Å². The van der Waals surface area contributed by atoms with E-state index in [2.05, 4.69) is 80.1 Å². The van der Waals surface area contributed by atoms with E-state index in [1.54, 1.807) is 6.07 Å². The van der Waals surface area contributed by atoms with Gasteiger partial charge < -0.3 is 0 Å². The molecule has 31 heavy (non-hydrogen) atoms. The molecule has 0 radical (unpaired) electrons. The largest absolute Gasteiger partial charge is 0.213 e. The number of pyridine rings is 1. The van der Waals surface area contributed by atoms with Crippen LogP contribution in [0.15, 0.2) is 60.8 Å². The van der Waals surface area contributed by atoms with Gasteiger partial charge in [-0.3, -0.25) is 0 Å². The topological polar surface area (TPSA) is 3.88 Å². The van der Waals surface area contributed by atoms with Crippen LogP contribution in [0.5, 0.6) is 0 Å². The number of aryl methyl sites for hydroxylation is 4. The Morgan fingerprint density at radius 3 is 2.29 bits per heavy atom. The Balaban J connectivity index is 2.00. The monoisotopic (exact) mass is 411 g/mol. The molecule has 0 unspecified atom stereocenters. The number of rotatable bonds is 4. The van der Waals surface area contributed by atoms with Gasteiger partial charge in [0.1, 0.15) is 7.05 Å². The summed E-state index contributed by atoms with van der Waals surface area (Å²) in [6.07, 6.45) is 3.20. The molecule has 158 valence electrons. The van der Waals surface area contributed by atoms with Crippen LogP contribution in [0.4, 0.5) is 0 Å². The third-order valence-electron chi connectivity index (χ3n) is 6.10.